The first-order valence-corrected chi connectivity index (χ1v) is 8.98. The molecule has 1 amide bonds. The maximum atomic E-state index is 12.2. The first-order valence-electron chi connectivity index (χ1n) is 8.10. The Labute approximate surface area is 149 Å². The third-order valence-electron chi connectivity index (χ3n) is 3.88. The van der Waals surface area contributed by atoms with E-state index in [4.69, 9.17) is 0 Å². The summed E-state index contributed by atoms with van der Waals surface area (Å²) in [6.45, 7) is 2.24. The van der Waals surface area contributed by atoms with Gasteiger partial charge in [0.15, 0.2) is 4.96 Å². The molecule has 7 heteroatoms. The number of nitrogens with one attached hydrogen (secondary N) is 1. The van der Waals surface area contributed by atoms with Crippen LogP contribution in [0, 0.1) is 0 Å². The number of fused-ring (bicyclic) bond motifs is 1. The molecular formula is C18H20N4O2S. The van der Waals surface area contributed by atoms with Crippen molar-refractivity contribution in [1.82, 2.24) is 19.6 Å². The van der Waals surface area contributed by atoms with E-state index in [-0.39, 0.29) is 17.0 Å². The van der Waals surface area contributed by atoms with Crippen LogP contribution in [0.15, 0.2) is 52.9 Å². The Hall–Kier alpha value is -2.51. The van der Waals surface area contributed by atoms with Crippen molar-refractivity contribution >= 4 is 22.2 Å². The van der Waals surface area contributed by atoms with Crippen molar-refractivity contribution < 1.29 is 4.79 Å². The fraction of sp³-hybridized carbons (Fsp3) is 0.278. The van der Waals surface area contributed by atoms with Crippen LogP contribution in [0.4, 0.5) is 0 Å². The first kappa shape index (κ1) is 17.3. The van der Waals surface area contributed by atoms with Crippen LogP contribution in [0.25, 0.3) is 4.96 Å². The summed E-state index contributed by atoms with van der Waals surface area (Å²) in [7, 11) is 2.05. The third kappa shape index (κ3) is 4.32. The van der Waals surface area contributed by atoms with E-state index < -0.39 is 0 Å². The highest BCUT2D eigenvalue weighted by Gasteiger charge is 2.13. The van der Waals surface area contributed by atoms with E-state index in [1.54, 1.807) is 11.6 Å². The molecule has 1 N–H and O–H groups in total. The van der Waals surface area contributed by atoms with Gasteiger partial charge in [-0.1, -0.05) is 30.3 Å². The standard InChI is InChI=1S/C18H20N4O2S/c1-21(13-14-6-3-2-4-7-14)9-5-8-19-16(23)15-12-20-18-22(17(15)24)10-11-25-18/h2-4,6-7,10-12H,5,8-9,13H2,1H3,(H,19,23). The van der Waals surface area contributed by atoms with Gasteiger partial charge in [0.25, 0.3) is 11.5 Å². The zero-order valence-corrected chi connectivity index (χ0v) is 14.8. The van der Waals surface area contributed by atoms with Crippen molar-refractivity contribution in [2.45, 2.75) is 13.0 Å². The van der Waals surface area contributed by atoms with Crippen molar-refractivity contribution in [3.63, 3.8) is 0 Å². The molecule has 0 unspecified atom stereocenters. The molecule has 2 heterocycles. The molecule has 0 spiro atoms. The van der Waals surface area contributed by atoms with Crippen LogP contribution in [0.5, 0.6) is 0 Å². The van der Waals surface area contributed by atoms with Crippen molar-refractivity contribution in [3.05, 3.63) is 69.6 Å². The van der Waals surface area contributed by atoms with Crippen LogP contribution >= 0.6 is 11.3 Å². The minimum Gasteiger partial charge on any atom is -0.352 e. The quantitative estimate of drug-likeness (QED) is 0.658. The predicted octanol–water partition coefficient (Wildman–Crippen LogP) is 2.01. The van der Waals surface area contributed by atoms with Gasteiger partial charge >= 0.3 is 0 Å². The molecule has 0 fully saturated rings. The Bertz CT molecular complexity index is 904. The molecule has 1 aromatic carbocycles. The molecule has 0 aliphatic rings. The third-order valence-corrected chi connectivity index (χ3v) is 4.66. The number of amides is 1. The van der Waals surface area contributed by atoms with Crippen molar-refractivity contribution in [2.75, 3.05) is 20.1 Å². The van der Waals surface area contributed by atoms with Gasteiger partial charge in [-0.2, -0.15) is 0 Å². The number of hydrogen-bond acceptors (Lipinski definition) is 5. The van der Waals surface area contributed by atoms with Gasteiger partial charge in [0.05, 0.1) is 0 Å². The Morgan fingerprint density at radius 2 is 2.12 bits per heavy atom. The van der Waals surface area contributed by atoms with E-state index in [0.717, 1.165) is 19.5 Å². The van der Waals surface area contributed by atoms with Crippen LogP contribution < -0.4 is 10.9 Å². The first-order chi connectivity index (χ1) is 12.1. The van der Waals surface area contributed by atoms with E-state index >= 15 is 0 Å². The highest BCUT2D eigenvalue weighted by atomic mass is 32.1. The Morgan fingerprint density at radius 1 is 1.32 bits per heavy atom. The number of nitrogens with zero attached hydrogens (tertiary/aromatic N) is 3. The number of thiazole rings is 1. The van der Waals surface area contributed by atoms with Crippen LogP contribution in [0.3, 0.4) is 0 Å². The number of carbonyl (C=O) groups is 1. The summed E-state index contributed by atoms with van der Waals surface area (Å²) in [6.07, 6.45) is 3.79. The molecule has 0 aliphatic carbocycles. The fourth-order valence-electron chi connectivity index (χ4n) is 2.60. The number of rotatable bonds is 7. The highest BCUT2D eigenvalue weighted by molar-refractivity contribution is 7.15. The normalized spacial score (nSPS) is 11.1. The predicted molar refractivity (Wildman–Crippen MR) is 99.1 cm³/mol. The van der Waals surface area contributed by atoms with Crippen molar-refractivity contribution in [2.24, 2.45) is 0 Å². The monoisotopic (exact) mass is 356 g/mol. The summed E-state index contributed by atoms with van der Waals surface area (Å²) in [6, 6.07) is 10.3. The number of hydrogen-bond donors (Lipinski definition) is 1. The van der Waals surface area contributed by atoms with Gasteiger partial charge in [0, 0.05) is 30.9 Å². The Kier molecular flexibility index (Phi) is 5.57. The second kappa shape index (κ2) is 8.04. The lowest BCUT2D eigenvalue weighted by molar-refractivity contribution is 0.0950. The molecule has 2 aromatic heterocycles. The summed E-state index contributed by atoms with van der Waals surface area (Å²) in [5, 5.41) is 4.57. The minimum absolute atomic E-state index is 0.0774. The lowest BCUT2D eigenvalue weighted by Gasteiger charge is -2.16. The second-order valence-electron chi connectivity index (χ2n) is 5.87. The van der Waals surface area contributed by atoms with E-state index in [9.17, 15) is 9.59 Å². The van der Waals surface area contributed by atoms with Crippen molar-refractivity contribution in [1.29, 1.82) is 0 Å². The summed E-state index contributed by atoms with van der Waals surface area (Å²) < 4.78 is 1.40. The maximum absolute atomic E-state index is 12.2. The molecule has 0 radical (unpaired) electrons. The molecule has 6 nitrogen and oxygen atoms in total. The van der Waals surface area contributed by atoms with Crippen LogP contribution in [0.2, 0.25) is 0 Å². The van der Waals surface area contributed by atoms with Gasteiger partial charge in [-0.25, -0.2) is 4.98 Å². The zero-order chi connectivity index (χ0) is 17.6. The summed E-state index contributed by atoms with van der Waals surface area (Å²) in [5.74, 6) is -0.371. The van der Waals surface area contributed by atoms with Crippen LogP contribution in [-0.4, -0.2) is 40.3 Å². The van der Waals surface area contributed by atoms with Gasteiger partial charge < -0.3 is 10.2 Å². The molecule has 0 saturated carbocycles. The minimum atomic E-state index is -0.371. The van der Waals surface area contributed by atoms with E-state index in [2.05, 4.69) is 34.4 Å². The summed E-state index contributed by atoms with van der Waals surface area (Å²) in [5.41, 5.74) is 1.01. The van der Waals surface area contributed by atoms with Gasteiger partial charge in [0.2, 0.25) is 0 Å². The molecule has 0 aliphatic heterocycles. The average Bonchev–Trinajstić information content (AvgIpc) is 3.09. The second-order valence-corrected chi connectivity index (χ2v) is 6.74. The fourth-order valence-corrected chi connectivity index (χ4v) is 3.28. The largest absolute Gasteiger partial charge is 0.352 e. The Morgan fingerprint density at radius 3 is 2.92 bits per heavy atom. The molecule has 0 saturated heterocycles. The molecule has 130 valence electrons. The lowest BCUT2D eigenvalue weighted by atomic mass is 10.2. The smallest absolute Gasteiger partial charge is 0.271 e. The van der Waals surface area contributed by atoms with Crippen LogP contribution in [-0.2, 0) is 6.54 Å². The molecule has 0 bridgehead atoms. The van der Waals surface area contributed by atoms with Gasteiger partial charge in [-0.3, -0.25) is 14.0 Å². The van der Waals surface area contributed by atoms with Crippen LogP contribution in [0.1, 0.15) is 22.3 Å². The molecule has 25 heavy (non-hydrogen) atoms. The molecular weight excluding hydrogens is 336 g/mol. The van der Waals surface area contributed by atoms with E-state index in [0.29, 0.717) is 11.5 Å². The maximum Gasteiger partial charge on any atom is 0.271 e. The topological polar surface area (TPSA) is 66.7 Å². The molecule has 3 rings (SSSR count). The van der Waals surface area contributed by atoms with E-state index in [1.165, 1.54) is 27.5 Å². The zero-order valence-electron chi connectivity index (χ0n) is 14.0. The molecule has 3 aromatic rings. The Balaban J connectivity index is 1.47. The van der Waals surface area contributed by atoms with Gasteiger partial charge in [0.1, 0.15) is 5.56 Å². The number of carbonyl (C=O) groups excluding carboxylic acids is 1. The van der Waals surface area contributed by atoms with Crippen molar-refractivity contribution in [3.8, 4) is 0 Å². The SMILES string of the molecule is CN(CCCNC(=O)c1cnc2sccn2c1=O)Cc1ccccc1. The highest BCUT2D eigenvalue weighted by Crippen LogP contribution is 2.06. The molecule has 0 atom stereocenters. The van der Waals surface area contributed by atoms with E-state index in [1.807, 2.05) is 18.2 Å². The average molecular weight is 356 g/mol. The summed E-state index contributed by atoms with van der Waals surface area (Å²) >= 11 is 1.36. The number of benzene rings is 1. The lowest BCUT2D eigenvalue weighted by Crippen LogP contribution is -2.33. The van der Waals surface area contributed by atoms with Gasteiger partial charge in [-0.15, -0.1) is 11.3 Å². The van der Waals surface area contributed by atoms with Gasteiger partial charge in [-0.05, 0) is 25.6 Å². The number of aromatic nitrogens is 2. The summed E-state index contributed by atoms with van der Waals surface area (Å²) in [4.78, 5) is 31.4.